The zero-order chi connectivity index (χ0) is 28.1. The number of nitrogens with zero attached hydrogens (tertiary/aromatic N) is 7. The number of rotatable bonds is 5. The molecular weight excluding hydrogens is 546 g/mol. The van der Waals surface area contributed by atoms with Gasteiger partial charge >= 0.3 is 0 Å². The summed E-state index contributed by atoms with van der Waals surface area (Å²) in [5, 5.41) is 7.24. The largest absolute Gasteiger partial charge is 0.494 e. The molecule has 2 N–H and O–H groups in total. The third-order valence-corrected chi connectivity index (χ3v) is 7.22. The first-order valence-electron chi connectivity index (χ1n) is 12.4. The van der Waals surface area contributed by atoms with E-state index in [1.54, 1.807) is 25.1 Å². The fourth-order valence-electron chi connectivity index (χ4n) is 4.93. The van der Waals surface area contributed by atoms with Crippen LogP contribution in [0.4, 0.5) is 14.6 Å². The molecule has 4 heterocycles. The molecule has 14 heteroatoms. The van der Waals surface area contributed by atoms with Gasteiger partial charge in [0.05, 0.1) is 54.7 Å². The molecule has 5 aromatic rings. The van der Waals surface area contributed by atoms with Crippen LogP contribution < -0.4 is 21.0 Å². The maximum Gasteiger partial charge on any atom is 0.281 e. The number of halogens is 3. The highest BCUT2D eigenvalue weighted by Crippen LogP contribution is 2.36. The molecule has 1 fully saturated rings. The van der Waals surface area contributed by atoms with E-state index in [9.17, 15) is 9.18 Å². The average Bonchev–Trinajstić information content (AvgIpc) is 3.35. The van der Waals surface area contributed by atoms with Crippen molar-refractivity contribution in [2.45, 2.75) is 13.0 Å². The van der Waals surface area contributed by atoms with Gasteiger partial charge < -0.3 is 20.2 Å². The number of methoxy groups -OCH3 is 1. The van der Waals surface area contributed by atoms with Crippen molar-refractivity contribution < 1.29 is 18.3 Å². The molecule has 1 saturated heterocycles. The molecule has 1 atom stereocenters. The second kappa shape index (κ2) is 9.99. The Morgan fingerprint density at radius 3 is 2.62 bits per heavy atom. The fourth-order valence-corrected chi connectivity index (χ4v) is 5.18. The van der Waals surface area contributed by atoms with Gasteiger partial charge in [-0.1, -0.05) is 17.7 Å². The predicted molar refractivity (Wildman–Crippen MR) is 145 cm³/mol. The number of aromatic nitrogens is 6. The molecule has 0 aliphatic carbocycles. The molecule has 1 unspecified atom stereocenters. The number of fused-ring (bicyclic) bond motifs is 2. The zero-order valence-corrected chi connectivity index (χ0v) is 22.2. The van der Waals surface area contributed by atoms with Crippen molar-refractivity contribution in [3.63, 3.8) is 0 Å². The number of benzene rings is 2. The van der Waals surface area contributed by atoms with Crippen LogP contribution in [0.5, 0.6) is 5.75 Å². The van der Waals surface area contributed by atoms with Crippen molar-refractivity contribution in [1.82, 2.24) is 29.4 Å². The third kappa shape index (κ3) is 4.00. The van der Waals surface area contributed by atoms with Crippen molar-refractivity contribution in [2.24, 2.45) is 0 Å². The summed E-state index contributed by atoms with van der Waals surface area (Å²) in [6, 6.07) is 6.96. The molecule has 0 saturated carbocycles. The van der Waals surface area contributed by atoms with Crippen molar-refractivity contribution in [1.29, 1.82) is 0 Å². The number of morpholine rings is 1. The Bertz CT molecular complexity index is 1840. The van der Waals surface area contributed by atoms with Gasteiger partial charge in [0, 0.05) is 5.56 Å². The van der Waals surface area contributed by atoms with Gasteiger partial charge in [-0.05, 0) is 31.2 Å². The van der Waals surface area contributed by atoms with E-state index in [0.717, 1.165) is 0 Å². The van der Waals surface area contributed by atoms with Gasteiger partial charge in [-0.3, -0.25) is 4.79 Å². The highest BCUT2D eigenvalue weighted by Gasteiger charge is 2.29. The Kier molecular flexibility index (Phi) is 6.47. The first-order chi connectivity index (χ1) is 19.3. The second-order valence-electron chi connectivity index (χ2n) is 9.16. The average molecular weight is 569 g/mol. The van der Waals surface area contributed by atoms with Crippen molar-refractivity contribution in [2.75, 3.05) is 44.2 Å². The molecule has 0 bridgehead atoms. The van der Waals surface area contributed by atoms with Gasteiger partial charge in [-0.25, -0.2) is 28.7 Å². The Morgan fingerprint density at radius 2 is 1.88 bits per heavy atom. The molecule has 206 valence electrons. The van der Waals surface area contributed by atoms with E-state index in [1.807, 2.05) is 5.01 Å². The van der Waals surface area contributed by atoms with Crippen LogP contribution in [-0.2, 0) is 4.74 Å². The second-order valence-corrected chi connectivity index (χ2v) is 9.56. The van der Waals surface area contributed by atoms with E-state index in [1.165, 1.54) is 34.9 Å². The fraction of sp³-hybridized carbons (Fsp3) is 0.269. The molecule has 0 spiro atoms. The zero-order valence-electron chi connectivity index (χ0n) is 21.4. The first kappa shape index (κ1) is 25.9. The van der Waals surface area contributed by atoms with Crippen LogP contribution in [0.3, 0.4) is 0 Å². The summed E-state index contributed by atoms with van der Waals surface area (Å²) >= 11 is 6.42. The van der Waals surface area contributed by atoms with E-state index >= 15 is 4.39 Å². The van der Waals surface area contributed by atoms with Gasteiger partial charge in [0.1, 0.15) is 23.9 Å². The van der Waals surface area contributed by atoms with Gasteiger partial charge in [-0.2, -0.15) is 9.49 Å². The number of hydrogen-bond acceptors (Lipinski definition) is 9. The van der Waals surface area contributed by atoms with E-state index in [-0.39, 0.29) is 49.8 Å². The highest BCUT2D eigenvalue weighted by atomic mass is 35.5. The molecule has 1 aliphatic rings. The number of hydrogen-bond donors (Lipinski definition) is 1. The van der Waals surface area contributed by atoms with Gasteiger partial charge in [0.25, 0.3) is 5.56 Å². The van der Waals surface area contributed by atoms with E-state index in [4.69, 9.17) is 31.8 Å². The summed E-state index contributed by atoms with van der Waals surface area (Å²) in [6.07, 6.45) is 1.25. The first-order valence-corrected chi connectivity index (χ1v) is 12.7. The Balaban J connectivity index is 1.61. The lowest BCUT2D eigenvalue weighted by Gasteiger charge is -2.33. The normalized spacial score (nSPS) is 14.7. The minimum absolute atomic E-state index is 0.0258. The topological polar surface area (TPSA) is 126 Å². The van der Waals surface area contributed by atoms with Crippen molar-refractivity contribution in [3.8, 4) is 17.0 Å². The number of nitrogens with two attached hydrogens (primary N) is 1. The molecular formula is C26H23ClF2N8O3. The molecule has 0 amide bonds. The van der Waals surface area contributed by atoms with Crippen LogP contribution in [0.2, 0.25) is 5.02 Å². The Hall–Kier alpha value is -4.36. The standard InChI is InChI=1S/C26H23ClF2N8O3/c1-13(24-33-16-5-3-4-15(27)18(16)26(38)37(24)35-8-10-40-11-9-35)36-25-19(23(30)31-12-32-25)22(34-36)14-6-7-17(39-2)21(29)20(14)28/h3-7,12-13H,8-11H2,1-2H3,(H2,30,31,32). The lowest BCUT2D eigenvalue weighted by Crippen LogP contribution is -2.51. The van der Waals surface area contributed by atoms with Gasteiger partial charge in [-0.15, -0.1) is 0 Å². The third-order valence-electron chi connectivity index (χ3n) is 6.90. The molecule has 40 heavy (non-hydrogen) atoms. The smallest absolute Gasteiger partial charge is 0.281 e. The summed E-state index contributed by atoms with van der Waals surface area (Å²) in [4.78, 5) is 27.1. The van der Waals surface area contributed by atoms with E-state index in [0.29, 0.717) is 37.6 Å². The van der Waals surface area contributed by atoms with E-state index < -0.39 is 17.7 Å². The Morgan fingerprint density at radius 1 is 1.10 bits per heavy atom. The van der Waals surface area contributed by atoms with Crippen molar-refractivity contribution >= 4 is 39.4 Å². The van der Waals surface area contributed by atoms with Crippen LogP contribution >= 0.6 is 11.6 Å². The summed E-state index contributed by atoms with van der Waals surface area (Å²) in [7, 11) is 1.24. The molecule has 3 aromatic heterocycles. The van der Waals surface area contributed by atoms with E-state index in [2.05, 4.69) is 15.1 Å². The minimum atomic E-state index is -1.17. The van der Waals surface area contributed by atoms with Crippen LogP contribution in [0.1, 0.15) is 18.8 Å². The minimum Gasteiger partial charge on any atom is -0.494 e. The monoisotopic (exact) mass is 568 g/mol. The maximum atomic E-state index is 15.2. The van der Waals surface area contributed by atoms with Gasteiger partial charge in [0.2, 0.25) is 5.82 Å². The lowest BCUT2D eigenvalue weighted by molar-refractivity contribution is 0.109. The molecule has 0 radical (unpaired) electrons. The number of nitrogen functional groups attached to an aromatic ring is 1. The predicted octanol–water partition coefficient (Wildman–Crippen LogP) is 3.30. The highest BCUT2D eigenvalue weighted by molar-refractivity contribution is 6.35. The van der Waals surface area contributed by atoms with Crippen molar-refractivity contribution in [3.05, 3.63) is 69.5 Å². The summed E-state index contributed by atoms with van der Waals surface area (Å²) in [5.74, 6) is -2.23. The van der Waals surface area contributed by atoms with Crippen LogP contribution in [0.15, 0.2) is 41.5 Å². The number of ether oxygens (including phenoxy) is 2. The quantitative estimate of drug-likeness (QED) is 0.340. The summed E-state index contributed by atoms with van der Waals surface area (Å²) in [6.45, 7) is 3.49. The van der Waals surface area contributed by atoms with Gasteiger partial charge in [0.15, 0.2) is 23.0 Å². The molecule has 2 aromatic carbocycles. The van der Waals surface area contributed by atoms with Crippen LogP contribution in [0, 0.1) is 11.6 Å². The molecule has 11 nitrogen and oxygen atoms in total. The summed E-state index contributed by atoms with van der Waals surface area (Å²) in [5.41, 5.74) is 6.37. The lowest BCUT2D eigenvalue weighted by atomic mass is 10.1. The SMILES string of the molecule is COc1ccc(-c2nn(C(C)c3nc4cccc(Cl)c4c(=O)n3N3CCOCC3)c3ncnc(N)c23)c(F)c1F. The maximum absolute atomic E-state index is 15.2. The van der Waals surface area contributed by atoms with Crippen LogP contribution in [0.25, 0.3) is 33.2 Å². The van der Waals surface area contributed by atoms with Crippen LogP contribution in [-0.4, -0.2) is 62.8 Å². The molecule has 6 rings (SSSR count). The number of anilines is 1. The summed E-state index contributed by atoms with van der Waals surface area (Å²) < 4.78 is 43.3. The molecule has 1 aliphatic heterocycles. The Labute approximate surface area is 230 Å².